The van der Waals surface area contributed by atoms with Gasteiger partial charge in [-0.2, -0.15) is 9.46 Å². The van der Waals surface area contributed by atoms with Gasteiger partial charge in [0.1, 0.15) is 10.4 Å². The van der Waals surface area contributed by atoms with Crippen LogP contribution in [0.2, 0.25) is 0 Å². The lowest BCUT2D eigenvalue weighted by Gasteiger charge is -2.33. The van der Waals surface area contributed by atoms with Crippen molar-refractivity contribution >= 4 is 27.6 Å². The van der Waals surface area contributed by atoms with Gasteiger partial charge < -0.3 is 14.8 Å². The average Bonchev–Trinajstić information content (AvgIpc) is 3.96. The molecule has 1 atom stereocenters. The topological polar surface area (TPSA) is 124 Å². The van der Waals surface area contributed by atoms with Gasteiger partial charge in [-0.1, -0.05) is 91.0 Å². The number of anilines is 1. The molecule has 0 bridgehead atoms. The molecule has 4 aromatic carbocycles. The summed E-state index contributed by atoms with van der Waals surface area (Å²) in [6.45, 7) is 1.01. The molecule has 1 unspecified atom stereocenters. The second-order valence-corrected chi connectivity index (χ2v) is 15.0. The third-order valence-electron chi connectivity index (χ3n) is 10.2. The summed E-state index contributed by atoms with van der Waals surface area (Å²) in [5.41, 5.74) is 6.07. The summed E-state index contributed by atoms with van der Waals surface area (Å²) < 4.78 is 37.2. The Bertz CT molecular complexity index is 2110. The maximum absolute atomic E-state index is 16.0. The Labute approximate surface area is 297 Å². The zero-order valence-electron chi connectivity index (χ0n) is 28.4. The number of amides is 2. The minimum atomic E-state index is -3.86. The summed E-state index contributed by atoms with van der Waals surface area (Å²) >= 11 is 0. The number of nitrogens with one attached hydrogen (secondary N) is 2. The molecule has 5 aromatic rings. The van der Waals surface area contributed by atoms with Crippen LogP contribution in [0.1, 0.15) is 68.6 Å². The molecular formula is C40H39N5O5S. The van der Waals surface area contributed by atoms with Gasteiger partial charge >= 0.3 is 12.0 Å². The first-order chi connectivity index (χ1) is 24.9. The molecule has 2 aliphatic carbocycles. The fraction of sp³-hybridized carbons (Fsp3) is 0.275. The van der Waals surface area contributed by atoms with Crippen LogP contribution in [0.25, 0.3) is 0 Å². The van der Waals surface area contributed by atoms with Crippen molar-refractivity contribution in [2.24, 2.45) is 4.36 Å². The molecule has 51 heavy (non-hydrogen) atoms. The van der Waals surface area contributed by atoms with E-state index in [9.17, 15) is 9.59 Å². The molecule has 0 fully saturated rings. The Kier molecular flexibility index (Phi) is 8.59. The van der Waals surface area contributed by atoms with Gasteiger partial charge in [-0.3, -0.25) is 0 Å². The van der Waals surface area contributed by atoms with E-state index in [4.69, 9.17) is 13.8 Å². The van der Waals surface area contributed by atoms with E-state index in [0.29, 0.717) is 43.1 Å². The lowest BCUT2D eigenvalue weighted by Crippen LogP contribution is -2.38. The number of aromatic nitrogens is 2. The Balaban J connectivity index is 1.33. The van der Waals surface area contributed by atoms with Crippen LogP contribution in [0.15, 0.2) is 106 Å². The van der Waals surface area contributed by atoms with E-state index in [1.165, 1.54) is 13.3 Å². The molecule has 0 spiro atoms. The van der Waals surface area contributed by atoms with Gasteiger partial charge in [-0.05, 0) is 77.5 Å². The maximum atomic E-state index is 16.0. The molecule has 2 amide bonds. The summed E-state index contributed by atoms with van der Waals surface area (Å²) in [7, 11) is -2.45. The maximum Gasteiger partial charge on any atom is 0.338 e. The van der Waals surface area contributed by atoms with Crippen molar-refractivity contribution < 1.29 is 23.3 Å². The standard InChI is InChI=1S/C40H39N5O5S/c1-49-38(46)35-30-20-11-22-32(30)36(33-23-12-21-31(33)35)42-39(47)43-51(48,34-26-41-45-24-13-25-50-37(34)45)44-40(27-14-5-2-6-15-27,28-16-7-3-8-17-28)29-18-9-4-10-19-29/h2-10,14-19,26H,11-13,20-25H2,1H3,(H2,42,43,44,47,48). The van der Waals surface area contributed by atoms with Crippen molar-refractivity contribution in [3.05, 3.63) is 142 Å². The third-order valence-corrected chi connectivity index (χ3v) is 12.0. The van der Waals surface area contributed by atoms with Gasteiger partial charge in [0.05, 0.1) is 25.5 Å². The molecule has 10 nitrogen and oxygen atoms in total. The molecule has 0 radical (unpaired) electrons. The van der Waals surface area contributed by atoms with E-state index in [-0.39, 0.29) is 10.9 Å². The number of nitrogens with zero attached hydrogens (tertiary/aromatic N) is 3. The van der Waals surface area contributed by atoms with Crippen LogP contribution < -0.4 is 14.8 Å². The minimum Gasteiger partial charge on any atom is -0.477 e. The Hall–Kier alpha value is -5.42. The first kappa shape index (κ1) is 32.8. The van der Waals surface area contributed by atoms with Crippen LogP contribution in [-0.2, 0) is 52.4 Å². The second kappa shape index (κ2) is 13.4. The number of hydrogen-bond acceptors (Lipinski definition) is 7. The highest BCUT2D eigenvalue weighted by Crippen LogP contribution is 2.44. The number of methoxy groups -OCH3 is 1. The first-order valence-corrected chi connectivity index (χ1v) is 18.9. The van der Waals surface area contributed by atoms with Crippen molar-refractivity contribution in [1.82, 2.24) is 14.5 Å². The molecule has 0 saturated carbocycles. The molecule has 2 N–H and O–H groups in total. The van der Waals surface area contributed by atoms with Crippen LogP contribution in [-0.4, -0.2) is 39.7 Å². The molecule has 3 aliphatic rings. The second-order valence-electron chi connectivity index (χ2n) is 13.1. The normalized spacial score (nSPS) is 15.8. The summed E-state index contributed by atoms with van der Waals surface area (Å²) in [4.78, 5) is 27.6. The number of hydrogen-bond donors (Lipinski definition) is 2. The van der Waals surface area contributed by atoms with Crippen LogP contribution in [0.5, 0.6) is 5.88 Å². The molecule has 1 aromatic heterocycles. The van der Waals surface area contributed by atoms with Gasteiger partial charge in [-0.25, -0.2) is 23.2 Å². The predicted molar refractivity (Wildman–Crippen MR) is 194 cm³/mol. The monoisotopic (exact) mass is 701 g/mol. The quantitative estimate of drug-likeness (QED) is 0.133. The van der Waals surface area contributed by atoms with E-state index in [0.717, 1.165) is 71.0 Å². The van der Waals surface area contributed by atoms with Crippen LogP contribution in [0.3, 0.4) is 0 Å². The lowest BCUT2D eigenvalue weighted by atomic mass is 9.78. The molecule has 8 rings (SSSR count). The molecule has 260 valence electrons. The van der Waals surface area contributed by atoms with Gasteiger partial charge in [0.25, 0.3) is 0 Å². The van der Waals surface area contributed by atoms with Crippen LogP contribution >= 0.6 is 0 Å². The number of ether oxygens (including phenoxy) is 2. The summed E-state index contributed by atoms with van der Waals surface area (Å²) in [6, 6.07) is 28.4. The third kappa shape index (κ3) is 5.65. The molecule has 1 aliphatic heterocycles. The smallest absolute Gasteiger partial charge is 0.338 e. The molecule has 0 saturated heterocycles. The number of carbonyl (C=O) groups is 2. The number of esters is 1. The largest absolute Gasteiger partial charge is 0.477 e. The van der Waals surface area contributed by atoms with E-state index in [2.05, 4.69) is 15.1 Å². The fourth-order valence-electron chi connectivity index (χ4n) is 7.97. The van der Waals surface area contributed by atoms with Crippen LogP contribution in [0.4, 0.5) is 10.5 Å². The van der Waals surface area contributed by atoms with Gasteiger partial charge in [0.2, 0.25) is 5.88 Å². The number of benzene rings is 4. The molecular weight excluding hydrogens is 663 g/mol. The summed E-state index contributed by atoms with van der Waals surface area (Å²) in [6.07, 6.45) is 6.85. The summed E-state index contributed by atoms with van der Waals surface area (Å²) in [5, 5.41) is 7.65. The van der Waals surface area contributed by atoms with E-state index in [1.54, 1.807) is 4.68 Å². The first-order valence-electron chi connectivity index (χ1n) is 17.4. The average molecular weight is 702 g/mol. The van der Waals surface area contributed by atoms with E-state index in [1.807, 2.05) is 91.0 Å². The highest BCUT2D eigenvalue weighted by Gasteiger charge is 2.41. The van der Waals surface area contributed by atoms with Crippen LogP contribution in [0, 0.1) is 0 Å². The van der Waals surface area contributed by atoms with Gasteiger partial charge in [-0.15, -0.1) is 0 Å². The molecule has 11 heteroatoms. The highest BCUT2D eigenvalue weighted by atomic mass is 32.2. The van der Waals surface area contributed by atoms with Gasteiger partial charge in [0.15, 0.2) is 9.92 Å². The molecule has 2 heterocycles. The van der Waals surface area contributed by atoms with Crippen molar-refractivity contribution in [3.63, 3.8) is 0 Å². The van der Waals surface area contributed by atoms with Crippen molar-refractivity contribution in [2.75, 3.05) is 19.0 Å². The zero-order valence-corrected chi connectivity index (χ0v) is 29.2. The van der Waals surface area contributed by atoms with Crippen molar-refractivity contribution in [2.45, 2.75) is 61.9 Å². The van der Waals surface area contributed by atoms with E-state index >= 15 is 4.21 Å². The Morgan fingerprint density at radius 2 is 1.33 bits per heavy atom. The SMILES string of the molecule is COC(=O)c1c2c(c(NC(=O)NS(=O)(=NC(c3ccccc3)(c3ccccc3)c3ccccc3)c3cnn4c3OCCC4)c3c1CCC3)CCC2. The van der Waals surface area contributed by atoms with E-state index < -0.39 is 21.5 Å². The minimum absolute atomic E-state index is 0.195. The predicted octanol–water partition coefficient (Wildman–Crippen LogP) is 6.99. The van der Waals surface area contributed by atoms with Gasteiger partial charge in [0, 0.05) is 18.7 Å². The fourth-order valence-corrected chi connectivity index (χ4v) is 9.82. The van der Waals surface area contributed by atoms with Crippen molar-refractivity contribution in [1.29, 1.82) is 0 Å². The number of rotatable bonds is 8. The van der Waals surface area contributed by atoms with Crippen molar-refractivity contribution in [3.8, 4) is 5.88 Å². The highest BCUT2D eigenvalue weighted by molar-refractivity contribution is 7.92. The Morgan fingerprint density at radius 1 is 0.804 bits per heavy atom. The summed E-state index contributed by atoms with van der Waals surface area (Å²) in [5.74, 6) is -0.0169. The number of urea groups is 1. The zero-order chi connectivity index (χ0) is 35.0. The Morgan fingerprint density at radius 3 is 1.86 bits per heavy atom. The number of fused-ring (bicyclic) bond motifs is 3. The lowest BCUT2D eigenvalue weighted by molar-refractivity contribution is 0.0598. The number of carbonyl (C=O) groups excluding carboxylic acids is 2. The number of aryl methyl sites for hydroxylation is 1.